The van der Waals surface area contributed by atoms with E-state index in [1.807, 2.05) is 25.1 Å². The Labute approximate surface area is 210 Å². The van der Waals surface area contributed by atoms with Gasteiger partial charge in [0.25, 0.3) is 5.91 Å². The zero-order chi connectivity index (χ0) is 24.3. The van der Waals surface area contributed by atoms with Gasteiger partial charge in [0.15, 0.2) is 0 Å². The molecule has 0 radical (unpaired) electrons. The summed E-state index contributed by atoms with van der Waals surface area (Å²) in [4.78, 5) is 26.9. The summed E-state index contributed by atoms with van der Waals surface area (Å²) in [5, 5.41) is 4.89. The lowest BCUT2D eigenvalue weighted by molar-refractivity contribution is -0.124. The summed E-state index contributed by atoms with van der Waals surface area (Å²) in [6, 6.07) is 12.9. The van der Waals surface area contributed by atoms with Crippen molar-refractivity contribution in [2.45, 2.75) is 51.5 Å². The van der Waals surface area contributed by atoms with Crippen LogP contribution in [-0.4, -0.2) is 29.5 Å². The van der Waals surface area contributed by atoms with Crippen LogP contribution in [-0.2, 0) is 11.2 Å². The monoisotopic (exact) mass is 490 g/mol. The van der Waals surface area contributed by atoms with Gasteiger partial charge in [-0.3, -0.25) is 14.2 Å². The van der Waals surface area contributed by atoms with Crippen molar-refractivity contribution in [2.75, 3.05) is 7.11 Å². The Hall–Kier alpha value is -2.79. The van der Waals surface area contributed by atoms with Crippen molar-refractivity contribution in [2.24, 2.45) is 23.7 Å². The van der Waals surface area contributed by atoms with Crippen molar-refractivity contribution >= 4 is 34.3 Å². The zero-order valence-electron chi connectivity index (χ0n) is 20.2. The fourth-order valence-electron chi connectivity index (χ4n) is 7.35. The van der Waals surface area contributed by atoms with E-state index in [1.165, 1.54) is 32.1 Å². The van der Waals surface area contributed by atoms with Gasteiger partial charge in [0, 0.05) is 27.7 Å². The minimum absolute atomic E-state index is 0.0476. The third-order valence-electron chi connectivity index (χ3n) is 8.73. The van der Waals surface area contributed by atoms with Crippen LogP contribution >= 0.6 is 11.6 Å². The Kier molecular flexibility index (Phi) is 5.63. The molecule has 5 nitrogen and oxygen atoms in total. The van der Waals surface area contributed by atoms with Gasteiger partial charge in [0.2, 0.25) is 5.91 Å². The average molecular weight is 491 g/mol. The Morgan fingerprint density at radius 3 is 2.29 bits per heavy atom. The smallest absolute Gasteiger partial charge is 0.262 e. The third kappa shape index (κ3) is 3.94. The minimum Gasteiger partial charge on any atom is -0.497 e. The third-order valence-corrected chi connectivity index (χ3v) is 8.98. The molecule has 7 rings (SSSR count). The first-order chi connectivity index (χ1) is 16.9. The predicted molar refractivity (Wildman–Crippen MR) is 137 cm³/mol. The number of nitrogens with zero attached hydrogens (tertiary/aromatic N) is 1. The molecule has 182 valence electrons. The average Bonchev–Trinajstić information content (AvgIpc) is 3.11. The molecular weight excluding hydrogens is 460 g/mol. The Balaban J connectivity index is 1.32. The SMILES string of the molecule is COc1ccc2c(c1)c(CC(=O)NC1C3CC4CC(C3)CC1C4)c(C)n2C(=O)c1ccc(Cl)cc1. The molecule has 0 atom stereocenters. The van der Waals surface area contributed by atoms with Gasteiger partial charge >= 0.3 is 0 Å². The highest BCUT2D eigenvalue weighted by Gasteiger charge is 2.48. The van der Waals surface area contributed by atoms with Gasteiger partial charge in [0.1, 0.15) is 5.75 Å². The van der Waals surface area contributed by atoms with Crippen molar-refractivity contribution in [1.82, 2.24) is 9.88 Å². The van der Waals surface area contributed by atoms with E-state index in [2.05, 4.69) is 5.32 Å². The molecule has 2 aromatic carbocycles. The van der Waals surface area contributed by atoms with E-state index < -0.39 is 0 Å². The first kappa shape index (κ1) is 22.7. The van der Waals surface area contributed by atoms with Gasteiger partial charge in [-0.05, 0) is 111 Å². The largest absolute Gasteiger partial charge is 0.497 e. The van der Waals surface area contributed by atoms with Crippen LogP contribution in [0.15, 0.2) is 42.5 Å². The van der Waals surface area contributed by atoms with Crippen molar-refractivity contribution in [1.29, 1.82) is 0 Å². The van der Waals surface area contributed by atoms with E-state index in [1.54, 1.807) is 35.9 Å². The Morgan fingerprint density at radius 2 is 1.66 bits per heavy atom. The summed E-state index contributed by atoms with van der Waals surface area (Å²) >= 11 is 6.03. The van der Waals surface area contributed by atoms with Crippen LogP contribution in [0.1, 0.15) is 53.7 Å². The second-order valence-corrected chi connectivity index (χ2v) is 11.2. The molecule has 1 N–H and O–H groups in total. The summed E-state index contributed by atoms with van der Waals surface area (Å²) in [6.45, 7) is 1.92. The lowest BCUT2D eigenvalue weighted by Gasteiger charge is -2.54. The molecule has 0 spiro atoms. The standard InChI is InChI=1S/C29H31ClN2O3/c1-16-24(15-27(33)31-28-20-10-17-9-18(12-20)13-21(28)11-17)25-14-23(35-2)7-8-26(25)32(16)29(34)19-3-5-22(30)6-4-19/h3-8,14,17-18,20-21,28H,9-13,15H2,1-2H3,(H,31,33). The summed E-state index contributed by atoms with van der Waals surface area (Å²) in [6.07, 6.45) is 6.72. The molecule has 1 amide bonds. The molecule has 0 aliphatic heterocycles. The molecular formula is C29H31ClN2O3. The number of halogens is 1. The van der Waals surface area contributed by atoms with Gasteiger partial charge in [-0.1, -0.05) is 11.6 Å². The van der Waals surface area contributed by atoms with E-state index in [0.29, 0.717) is 34.2 Å². The van der Waals surface area contributed by atoms with Crippen LogP contribution in [0.25, 0.3) is 10.9 Å². The number of fused-ring (bicyclic) bond motifs is 1. The number of carbonyl (C=O) groups excluding carboxylic acids is 2. The number of methoxy groups -OCH3 is 1. The maximum atomic E-state index is 13.5. The number of hydrogen-bond donors (Lipinski definition) is 1. The molecule has 4 fully saturated rings. The fourth-order valence-corrected chi connectivity index (χ4v) is 7.48. The van der Waals surface area contributed by atoms with E-state index in [9.17, 15) is 9.59 Å². The highest BCUT2D eigenvalue weighted by molar-refractivity contribution is 6.30. The first-order valence-corrected chi connectivity index (χ1v) is 13.1. The summed E-state index contributed by atoms with van der Waals surface area (Å²) < 4.78 is 7.18. The number of amides is 1. The van der Waals surface area contributed by atoms with Crippen LogP contribution in [0.4, 0.5) is 0 Å². The molecule has 4 saturated carbocycles. The van der Waals surface area contributed by atoms with Crippen LogP contribution in [0.2, 0.25) is 5.02 Å². The van der Waals surface area contributed by atoms with Crippen LogP contribution in [0, 0.1) is 30.6 Å². The van der Waals surface area contributed by atoms with E-state index in [0.717, 1.165) is 34.0 Å². The quantitative estimate of drug-likeness (QED) is 0.493. The van der Waals surface area contributed by atoms with Crippen LogP contribution in [0.5, 0.6) is 5.75 Å². The molecule has 0 saturated heterocycles. The highest BCUT2D eigenvalue weighted by Crippen LogP contribution is 2.53. The van der Waals surface area contributed by atoms with Crippen molar-refractivity contribution in [3.8, 4) is 5.75 Å². The molecule has 6 heteroatoms. The number of aromatic nitrogens is 1. The van der Waals surface area contributed by atoms with E-state index in [-0.39, 0.29) is 18.2 Å². The molecule has 4 aliphatic rings. The molecule has 3 aromatic rings. The van der Waals surface area contributed by atoms with E-state index in [4.69, 9.17) is 16.3 Å². The fraction of sp³-hybridized carbons (Fsp3) is 0.448. The number of ether oxygens (including phenoxy) is 1. The normalized spacial score (nSPS) is 26.8. The van der Waals surface area contributed by atoms with Crippen LogP contribution in [0.3, 0.4) is 0 Å². The van der Waals surface area contributed by atoms with Crippen LogP contribution < -0.4 is 10.1 Å². The number of nitrogens with one attached hydrogen (secondary N) is 1. The van der Waals surface area contributed by atoms with Crippen molar-refractivity contribution in [3.63, 3.8) is 0 Å². The highest BCUT2D eigenvalue weighted by atomic mass is 35.5. The maximum Gasteiger partial charge on any atom is 0.262 e. The summed E-state index contributed by atoms with van der Waals surface area (Å²) in [5.41, 5.74) is 2.99. The number of benzene rings is 2. The van der Waals surface area contributed by atoms with Gasteiger partial charge in [-0.15, -0.1) is 0 Å². The second-order valence-electron chi connectivity index (χ2n) is 10.8. The maximum absolute atomic E-state index is 13.5. The predicted octanol–water partition coefficient (Wildman–Crippen LogP) is 5.78. The van der Waals surface area contributed by atoms with Gasteiger partial charge in [0.05, 0.1) is 19.0 Å². The molecule has 1 aromatic heterocycles. The number of carbonyl (C=O) groups is 2. The molecule has 4 bridgehead atoms. The zero-order valence-corrected chi connectivity index (χ0v) is 21.0. The van der Waals surface area contributed by atoms with E-state index >= 15 is 0 Å². The lowest BCUT2D eigenvalue weighted by Crippen LogP contribution is -2.56. The van der Waals surface area contributed by atoms with Crippen molar-refractivity contribution in [3.05, 3.63) is 64.3 Å². The first-order valence-electron chi connectivity index (χ1n) is 12.7. The molecule has 1 heterocycles. The Morgan fingerprint density at radius 1 is 1.00 bits per heavy atom. The minimum atomic E-state index is -0.137. The topological polar surface area (TPSA) is 60.3 Å². The van der Waals surface area contributed by atoms with Gasteiger partial charge in [-0.2, -0.15) is 0 Å². The summed E-state index contributed by atoms with van der Waals surface area (Å²) in [7, 11) is 1.63. The second kappa shape index (κ2) is 8.70. The van der Waals surface area contributed by atoms with Crippen molar-refractivity contribution < 1.29 is 14.3 Å². The number of rotatable bonds is 5. The molecule has 0 unspecified atom stereocenters. The number of hydrogen-bond acceptors (Lipinski definition) is 3. The molecule has 4 aliphatic carbocycles. The lowest BCUT2D eigenvalue weighted by atomic mass is 9.54. The van der Waals surface area contributed by atoms with Gasteiger partial charge < -0.3 is 10.1 Å². The van der Waals surface area contributed by atoms with Gasteiger partial charge in [-0.25, -0.2) is 0 Å². The summed E-state index contributed by atoms with van der Waals surface area (Å²) in [5.74, 6) is 3.62. The Bertz CT molecular complexity index is 1280. The molecule has 35 heavy (non-hydrogen) atoms.